The predicted molar refractivity (Wildman–Crippen MR) is 132 cm³/mol. The van der Waals surface area contributed by atoms with Crippen LogP contribution in [0.15, 0.2) is 48.5 Å². The molecule has 0 spiro atoms. The summed E-state index contributed by atoms with van der Waals surface area (Å²) in [4.78, 5) is 41.5. The van der Waals surface area contributed by atoms with Crippen molar-refractivity contribution in [3.8, 4) is 5.75 Å². The molecule has 1 atom stereocenters. The molecular formula is C26H32N4O5. The van der Waals surface area contributed by atoms with Gasteiger partial charge < -0.3 is 25.0 Å². The summed E-state index contributed by atoms with van der Waals surface area (Å²) < 4.78 is 10.7. The van der Waals surface area contributed by atoms with E-state index in [1.807, 2.05) is 42.5 Å². The van der Waals surface area contributed by atoms with Crippen molar-refractivity contribution in [1.82, 2.24) is 10.2 Å². The summed E-state index contributed by atoms with van der Waals surface area (Å²) in [6, 6.07) is 14.7. The fourth-order valence-corrected chi connectivity index (χ4v) is 4.37. The molecule has 2 heterocycles. The minimum absolute atomic E-state index is 0.0430. The average Bonchev–Trinajstić information content (AvgIpc) is 3.28. The lowest BCUT2D eigenvalue weighted by Gasteiger charge is -2.26. The zero-order chi connectivity index (χ0) is 24.6. The fraction of sp³-hybridized carbons (Fsp3) is 0.423. The van der Waals surface area contributed by atoms with Crippen LogP contribution in [0, 0.1) is 5.92 Å². The summed E-state index contributed by atoms with van der Waals surface area (Å²) >= 11 is 0. The highest BCUT2D eigenvalue weighted by Gasteiger charge is 2.36. The highest BCUT2D eigenvalue weighted by atomic mass is 16.5. The molecule has 0 aliphatic carbocycles. The van der Waals surface area contributed by atoms with Gasteiger partial charge in [0.2, 0.25) is 17.7 Å². The largest absolute Gasteiger partial charge is 0.495 e. The van der Waals surface area contributed by atoms with Crippen LogP contribution in [-0.4, -0.2) is 69.1 Å². The number of carbonyl (C=O) groups is 3. The molecule has 2 aromatic carbocycles. The van der Waals surface area contributed by atoms with Gasteiger partial charge in [-0.15, -0.1) is 0 Å². The van der Waals surface area contributed by atoms with Crippen LogP contribution in [0.2, 0.25) is 0 Å². The second-order valence-corrected chi connectivity index (χ2v) is 8.75. The number of nitrogens with zero attached hydrogens (tertiary/aromatic N) is 2. The lowest BCUT2D eigenvalue weighted by molar-refractivity contribution is -0.126. The number of anilines is 2. The molecule has 0 saturated carbocycles. The van der Waals surface area contributed by atoms with Crippen LogP contribution < -0.4 is 20.3 Å². The Morgan fingerprint density at radius 1 is 1.11 bits per heavy atom. The molecule has 2 aliphatic heterocycles. The lowest BCUT2D eigenvalue weighted by Crippen LogP contribution is -2.38. The number of nitrogens with one attached hydrogen (secondary N) is 2. The van der Waals surface area contributed by atoms with Gasteiger partial charge in [-0.05, 0) is 29.8 Å². The molecule has 0 bridgehead atoms. The van der Waals surface area contributed by atoms with E-state index >= 15 is 0 Å². The minimum Gasteiger partial charge on any atom is -0.495 e. The summed E-state index contributed by atoms with van der Waals surface area (Å²) in [5.41, 5.74) is 2.24. The van der Waals surface area contributed by atoms with Gasteiger partial charge in [0, 0.05) is 51.3 Å². The number of amides is 3. The van der Waals surface area contributed by atoms with Crippen molar-refractivity contribution in [2.45, 2.75) is 19.4 Å². The molecule has 2 aliphatic rings. The zero-order valence-corrected chi connectivity index (χ0v) is 20.0. The van der Waals surface area contributed by atoms with Crippen molar-refractivity contribution >= 4 is 29.1 Å². The van der Waals surface area contributed by atoms with Crippen LogP contribution >= 0.6 is 0 Å². The normalized spacial score (nSPS) is 18.4. The van der Waals surface area contributed by atoms with Crippen LogP contribution in [0.25, 0.3) is 0 Å². The van der Waals surface area contributed by atoms with Crippen molar-refractivity contribution < 1.29 is 23.9 Å². The first kappa shape index (κ1) is 24.7. The van der Waals surface area contributed by atoms with E-state index in [1.54, 1.807) is 18.1 Å². The summed E-state index contributed by atoms with van der Waals surface area (Å²) in [5, 5.41) is 5.86. The van der Waals surface area contributed by atoms with Crippen LogP contribution in [0.4, 0.5) is 11.4 Å². The quantitative estimate of drug-likeness (QED) is 0.570. The number of rotatable bonds is 9. The van der Waals surface area contributed by atoms with E-state index in [1.165, 1.54) is 0 Å². The fourth-order valence-electron chi connectivity index (χ4n) is 4.37. The Morgan fingerprint density at radius 3 is 2.71 bits per heavy atom. The van der Waals surface area contributed by atoms with Gasteiger partial charge in [0.25, 0.3) is 0 Å². The highest BCUT2D eigenvalue weighted by Crippen LogP contribution is 2.32. The Bertz CT molecular complexity index is 1050. The maximum absolute atomic E-state index is 12.8. The third-order valence-corrected chi connectivity index (χ3v) is 6.31. The van der Waals surface area contributed by atoms with Crippen molar-refractivity contribution in [2.75, 3.05) is 56.7 Å². The Balaban J connectivity index is 1.26. The van der Waals surface area contributed by atoms with E-state index in [2.05, 4.69) is 15.5 Å². The number of morpholine rings is 1. The molecule has 186 valence electrons. The van der Waals surface area contributed by atoms with Crippen LogP contribution in [0.3, 0.4) is 0 Å². The van der Waals surface area contributed by atoms with Gasteiger partial charge in [-0.2, -0.15) is 0 Å². The molecule has 4 rings (SSSR count). The second-order valence-electron chi connectivity index (χ2n) is 8.75. The van der Waals surface area contributed by atoms with Gasteiger partial charge in [-0.3, -0.25) is 19.3 Å². The monoisotopic (exact) mass is 480 g/mol. The number of para-hydroxylation sites is 2. The maximum Gasteiger partial charge on any atom is 0.227 e. The molecule has 9 heteroatoms. The molecule has 9 nitrogen and oxygen atoms in total. The third-order valence-electron chi connectivity index (χ3n) is 6.31. The number of hydrogen-bond donors (Lipinski definition) is 2. The molecular weight excluding hydrogens is 448 g/mol. The Labute approximate surface area is 205 Å². The van der Waals surface area contributed by atoms with Gasteiger partial charge in [0.05, 0.1) is 31.9 Å². The summed E-state index contributed by atoms with van der Waals surface area (Å²) in [6.45, 7) is 4.46. The molecule has 2 N–H and O–H groups in total. The first-order valence-corrected chi connectivity index (χ1v) is 11.9. The zero-order valence-electron chi connectivity index (χ0n) is 20.0. The standard InChI is InChI=1S/C26H32N4O5/c1-34-23-8-3-2-7-22(23)30-18-20(16-25(30)32)26(33)27-17-19-5-4-6-21(15-19)28-24(31)9-10-29-11-13-35-14-12-29/h2-8,15,20H,9-14,16-18H2,1H3,(H,27,33)(H,28,31). The van der Waals surface area contributed by atoms with E-state index in [0.717, 1.165) is 18.7 Å². The third kappa shape index (κ3) is 6.58. The van der Waals surface area contributed by atoms with Gasteiger partial charge in [-0.1, -0.05) is 24.3 Å². The van der Waals surface area contributed by atoms with Crippen LogP contribution in [0.1, 0.15) is 18.4 Å². The van der Waals surface area contributed by atoms with E-state index in [-0.39, 0.29) is 24.1 Å². The van der Waals surface area contributed by atoms with Crippen molar-refractivity contribution in [2.24, 2.45) is 5.92 Å². The smallest absolute Gasteiger partial charge is 0.227 e. The molecule has 2 aromatic rings. The molecule has 35 heavy (non-hydrogen) atoms. The Kier molecular flexibility index (Phi) is 8.33. The molecule has 3 amide bonds. The Morgan fingerprint density at radius 2 is 1.91 bits per heavy atom. The number of benzene rings is 2. The first-order chi connectivity index (χ1) is 17.0. The molecule has 0 aromatic heterocycles. The van der Waals surface area contributed by atoms with E-state index in [0.29, 0.717) is 56.4 Å². The van der Waals surface area contributed by atoms with Crippen LogP contribution in [0.5, 0.6) is 5.75 Å². The van der Waals surface area contributed by atoms with E-state index < -0.39 is 5.92 Å². The van der Waals surface area contributed by atoms with E-state index in [9.17, 15) is 14.4 Å². The van der Waals surface area contributed by atoms with Gasteiger partial charge in [-0.25, -0.2) is 0 Å². The van der Waals surface area contributed by atoms with E-state index in [4.69, 9.17) is 9.47 Å². The van der Waals surface area contributed by atoms with Crippen molar-refractivity contribution in [1.29, 1.82) is 0 Å². The number of hydrogen-bond acceptors (Lipinski definition) is 6. The van der Waals surface area contributed by atoms with Gasteiger partial charge in [0.1, 0.15) is 5.75 Å². The maximum atomic E-state index is 12.8. The topological polar surface area (TPSA) is 100 Å². The number of methoxy groups -OCH3 is 1. The second kappa shape index (κ2) is 11.8. The Hall–Kier alpha value is -3.43. The molecule has 2 saturated heterocycles. The van der Waals surface area contributed by atoms with Crippen molar-refractivity contribution in [3.63, 3.8) is 0 Å². The highest BCUT2D eigenvalue weighted by molar-refractivity contribution is 6.01. The van der Waals surface area contributed by atoms with Gasteiger partial charge >= 0.3 is 0 Å². The predicted octanol–water partition coefficient (Wildman–Crippen LogP) is 2.03. The number of carbonyl (C=O) groups excluding carboxylic acids is 3. The summed E-state index contributed by atoms with van der Waals surface area (Å²) in [6.07, 6.45) is 0.572. The summed E-state index contributed by atoms with van der Waals surface area (Å²) in [7, 11) is 1.56. The number of ether oxygens (including phenoxy) is 2. The van der Waals surface area contributed by atoms with Crippen molar-refractivity contribution in [3.05, 3.63) is 54.1 Å². The van der Waals surface area contributed by atoms with Crippen LogP contribution in [-0.2, 0) is 25.7 Å². The molecule has 2 fully saturated rings. The van der Waals surface area contributed by atoms with Gasteiger partial charge in [0.15, 0.2) is 0 Å². The average molecular weight is 481 g/mol. The summed E-state index contributed by atoms with van der Waals surface area (Å²) in [5.74, 6) is -0.146. The SMILES string of the molecule is COc1ccccc1N1CC(C(=O)NCc2cccc(NC(=O)CCN3CCOCC3)c2)CC1=O. The molecule has 1 unspecified atom stereocenters. The first-order valence-electron chi connectivity index (χ1n) is 11.9. The minimum atomic E-state index is -0.435. The molecule has 0 radical (unpaired) electrons. The lowest BCUT2D eigenvalue weighted by atomic mass is 10.1.